The molecule has 138 valence electrons. The molecule has 0 spiro atoms. The number of aromatic nitrogens is 1. The van der Waals surface area contributed by atoms with Crippen molar-refractivity contribution in [2.75, 3.05) is 13.2 Å². The molecule has 0 radical (unpaired) electrons. The molecule has 0 aliphatic rings. The number of benzene rings is 2. The van der Waals surface area contributed by atoms with Gasteiger partial charge >= 0.3 is 0 Å². The fourth-order valence-electron chi connectivity index (χ4n) is 3.12. The van der Waals surface area contributed by atoms with Crippen LogP contribution in [-0.2, 0) is 17.8 Å². The summed E-state index contributed by atoms with van der Waals surface area (Å²) in [5.41, 5.74) is 3.58. The Morgan fingerprint density at radius 1 is 1.08 bits per heavy atom. The smallest absolute Gasteiger partial charge is 0.123 e. The van der Waals surface area contributed by atoms with Crippen LogP contribution in [0.25, 0.3) is 10.9 Å². The van der Waals surface area contributed by atoms with E-state index in [0.717, 1.165) is 38.2 Å². The highest BCUT2D eigenvalue weighted by molar-refractivity contribution is 5.84. The Bertz CT molecular complexity index is 824. The summed E-state index contributed by atoms with van der Waals surface area (Å²) in [6, 6.07) is 15.2. The van der Waals surface area contributed by atoms with Gasteiger partial charge in [0.25, 0.3) is 0 Å². The Kier molecular flexibility index (Phi) is 6.42. The van der Waals surface area contributed by atoms with Gasteiger partial charge in [-0.3, -0.25) is 0 Å². The maximum Gasteiger partial charge on any atom is 0.123 e. The van der Waals surface area contributed by atoms with Gasteiger partial charge in [0.1, 0.15) is 5.82 Å². The molecule has 0 aliphatic carbocycles. The first-order valence-electron chi connectivity index (χ1n) is 9.27. The van der Waals surface area contributed by atoms with Gasteiger partial charge in [-0.05, 0) is 56.1 Å². The average Bonchev–Trinajstić information content (AvgIpc) is 2.98. The monoisotopic (exact) mass is 354 g/mol. The van der Waals surface area contributed by atoms with Crippen LogP contribution in [0.5, 0.6) is 0 Å². The number of para-hydroxylation sites is 1. The third-order valence-corrected chi connectivity index (χ3v) is 4.40. The topological polar surface area (TPSA) is 26.2 Å². The summed E-state index contributed by atoms with van der Waals surface area (Å²) in [6.45, 7) is 7.41. The second kappa shape index (κ2) is 8.97. The summed E-state index contributed by atoms with van der Waals surface area (Å²) in [7, 11) is 0. The number of ether oxygens (including phenoxy) is 1. The third-order valence-electron chi connectivity index (χ3n) is 4.40. The molecule has 0 unspecified atom stereocenters. The lowest BCUT2D eigenvalue weighted by atomic mass is 10.2. The maximum atomic E-state index is 13.1. The average molecular weight is 354 g/mol. The molecule has 1 N–H and O–H groups in total. The second-order valence-corrected chi connectivity index (χ2v) is 6.88. The van der Waals surface area contributed by atoms with E-state index < -0.39 is 0 Å². The molecule has 3 nitrogen and oxygen atoms in total. The first-order valence-corrected chi connectivity index (χ1v) is 9.27. The maximum absolute atomic E-state index is 13.1. The molecular formula is C22H27FN2O. The molecule has 0 saturated heterocycles. The molecule has 4 heteroatoms. The van der Waals surface area contributed by atoms with E-state index in [1.54, 1.807) is 0 Å². The van der Waals surface area contributed by atoms with Crippen LogP contribution in [-0.4, -0.2) is 23.8 Å². The van der Waals surface area contributed by atoms with Crippen LogP contribution in [0.3, 0.4) is 0 Å². The highest BCUT2D eigenvalue weighted by Crippen LogP contribution is 2.22. The van der Waals surface area contributed by atoms with Gasteiger partial charge in [-0.25, -0.2) is 4.39 Å². The fraction of sp³-hybridized carbons (Fsp3) is 0.364. The number of fused-ring (bicyclic) bond motifs is 1. The lowest BCUT2D eigenvalue weighted by Crippen LogP contribution is -2.17. The van der Waals surface area contributed by atoms with Crippen molar-refractivity contribution in [2.45, 2.75) is 39.5 Å². The molecule has 0 bridgehead atoms. The Morgan fingerprint density at radius 2 is 1.85 bits per heavy atom. The number of hydrogen-bond donors (Lipinski definition) is 1. The van der Waals surface area contributed by atoms with E-state index in [-0.39, 0.29) is 5.82 Å². The van der Waals surface area contributed by atoms with Crippen LogP contribution in [0, 0.1) is 5.82 Å². The minimum Gasteiger partial charge on any atom is -0.379 e. The van der Waals surface area contributed by atoms with Crippen LogP contribution in [0.2, 0.25) is 0 Å². The highest BCUT2D eigenvalue weighted by atomic mass is 19.1. The normalized spacial score (nSPS) is 11.5. The number of nitrogens with one attached hydrogen (secondary N) is 1. The summed E-state index contributed by atoms with van der Waals surface area (Å²) in [4.78, 5) is 0. The van der Waals surface area contributed by atoms with E-state index in [0.29, 0.717) is 6.10 Å². The minimum atomic E-state index is -0.197. The zero-order valence-electron chi connectivity index (χ0n) is 15.5. The first kappa shape index (κ1) is 18.6. The van der Waals surface area contributed by atoms with Gasteiger partial charge in [-0.15, -0.1) is 0 Å². The Balaban J connectivity index is 1.66. The van der Waals surface area contributed by atoms with E-state index in [1.165, 1.54) is 28.6 Å². The van der Waals surface area contributed by atoms with Crippen LogP contribution >= 0.6 is 0 Å². The van der Waals surface area contributed by atoms with Gasteiger partial charge < -0.3 is 14.6 Å². The molecule has 26 heavy (non-hydrogen) atoms. The van der Waals surface area contributed by atoms with Crippen LogP contribution in [0.4, 0.5) is 4.39 Å². The summed E-state index contributed by atoms with van der Waals surface area (Å²) < 4.78 is 20.9. The number of rotatable bonds is 9. The van der Waals surface area contributed by atoms with Crippen molar-refractivity contribution >= 4 is 10.9 Å². The number of halogens is 1. The predicted molar refractivity (Wildman–Crippen MR) is 105 cm³/mol. The summed E-state index contributed by atoms with van der Waals surface area (Å²) >= 11 is 0. The van der Waals surface area contributed by atoms with Gasteiger partial charge in [0, 0.05) is 36.8 Å². The molecule has 3 aromatic rings. The van der Waals surface area contributed by atoms with Crippen molar-refractivity contribution in [1.29, 1.82) is 0 Å². The lowest BCUT2D eigenvalue weighted by molar-refractivity contribution is 0.0770. The molecule has 0 fully saturated rings. The molecule has 1 heterocycles. The van der Waals surface area contributed by atoms with E-state index in [4.69, 9.17) is 4.74 Å². The number of hydrogen-bond acceptors (Lipinski definition) is 2. The van der Waals surface area contributed by atoms with E-state index in [1.807, 2.05) is 12.1 Å². The Labute approximate surface area is 154 Å². The van der Waals surface area contributed by atoms with Crippen molar-refractivity contribution in [2.24, 2.45) is 0 Å². The Hall–Kier alpha value is -2.17. The second-order valence-electron chi connectivity index (χ2n) is 6.88. The zero-order chi connectivity index (χ0) is 18.4. The van der Waals surface area contributed by atoms with Crippen molar-refractivity contribution in [3.05, 3.63) is 71.7 Å². The molecule has 0 atom stereocenters. The van der Waals surface area contributed by atoms with Crippen molar-refractivity contribution < 1.29 is 9.13 Å². The minimum absolute atomic E-state index is 0.197. The quantitative estimate of drug-likeness (QED) is 0.562. The number of nitrogens with zero attached hydrogens (tertiary/aromatic N) is 1. The summed E-state index contributed by atoms with van der Waals surface area (Å²) in [6.07, 6.45) is 3.50. The lowest BCUT2D eigenvalue weighted by Gasteiger charge is -2.08. The van der Waals surface area contributed by atoms with Crippen LogP contribution < -0.4 is 5.32 Å². The zero-order valence-corrected chi connectivity index (χ0v) is 15.5. The fourth-order valence-corrected chi connectivity index (χ4v) is 3.12. The van der Waals surface area contributed by atoms with Crippen molar-refractivity contribution in [3.63, 3.8) is 0 Å². The van der Waals surface area contributed by atoms with Gasteiger partial charge in [-0.1, -0.05) is 30.3 Å². The van der Waals surface area contributed by atoms with Crippen LogP contribution in [0.1, 0.15) is 31.4 Å². The van der Waals surface area contributed by atoms with Gasteiger partial charge in [-0.2, -0.15) is 0 Å². The summed E-state index contributed by atoms with van der Waals surface area (Å²) in [5.74, 6) is -0.197. The molecule has 0 aliphatic heterocycles. The largest absolute Gasteiger partial charge is 0.379 e. The molecule has 0 saturated carbocycles. The molecule has 3 rings (SSSR count). The van der Waals surface area contributed by atoms with Crippen LogP contribution in [0.15, 0.2) is 54.7 Å². The standard InChI is InChI=1S/C22H27FN2O/c1-17(2)26-13-5-12-24-14-19-16-25(22-7-4-3-6-21(19)22)15-18-8-10-20(23)11-9-18/h3-4,6-11,16-17,24H,5,12-15H2,1-2H3. The molecular weight excluding hydrogens is 327 g/mol. The van der Waals surface area contributed by atoms with Crippen molar-refractivity contribution in [3.8, 4) is 0 Å². The van der Waals surface area contributed by atoms with Gasteiger partial charge in [0.15, 0.2) is 0 Å². The molecule has 1 aromatic heterocycles. The molecule has 2 aromatic carbocycles. The van der Waals surface area contributed by atoms with Crippen molar-refractivity contribution in [1.82, 2.24) is 9.88 Å². The third kappa shape index (κ3) is 4.93. The molecule has 0 amide bonds. The van der Waals surface area contributed by atoms with E-state index in [2.05, 4.69) is 54.2 Å². The van der Waals surface area contributed by atoms with E-state index >= 15 is 0 Å². The van der Waals surface area contributed by atoms with E-state index in [9.17, 15) is 4.39 Å². The summed E-state index contributed by atoms with van der Waals surface area (Å²) in [5, 5.41) is 4.77. The SMILES string of the molecule is CC(C)OCCCNCc1cn(Cc2ccc(F)cc2)c2ccccc12. The predicted octanol–water partition coefficient (Wildman–Crippen LogP) is 4.73. The Morgan fingerprint density at radius 3 is 2.62 bits per heavy atom. The van der Waals surface area contributed by atoms with Gasteiger partial charge in [0.2, 0.25) is 0 Å². The highest BCUT2D eigenvalue weighted by Gasteiger charge is 2.08. The van der Waals surface area contributed by atoms with Gasteiger partial charge in [0.05, 0.1) is 6.10 Å². The first-order chi connectivity index (χ1) is 12.6.